The molecule has 0 saturated carbocycles. The summed E-state index contributed by atoms with van der Waals surface area (Å²) >= 11 is 0. The molecule has 0 aliphatic carbocycles. The maximum atomic E-state index is 4.64. The highest BCUT2D eigenvalue weighted by molar-refractivity contribution is 5.45. The number of nitrogens with one attached hydrogen (secondary N) is 1. The molecule has 1 aliphatic rings. The summed E-state index contributed by atoms with van der Waals surface area (Å²) < 4.78 is 1.92. The normalized spacial score (nSPS) is 20.4. The molecule has 1 N–H and O–H groups in total. The molecule has 1 fully saturated rings. The van der Waals surface area contributed by atoms with Crippen LogP contribution in [0.1, 0.15) is 25.0 Å². The van der Waals surface area contributed by atoms with Crippen molar-refractivity contribution in [3.8, 4) is 0 Å². The van der Waals surface area contributed by atoms with Crippen molar-refractivity contribution in [2.24, 2.45) is 0 Å². The first-order chi connectivity index (χ1) is 9.25. The number of hydrogen-bond acceptors (Lipinski definition) is 4. The quantitative estimate of drug-likeness (QED) is 0.890. The highest BCUT2D eigenvalue weighted by Crippen LogP contribution is 2.18. The zero-order chi connectivity index (χ0) is 13.2. The molecule has 1 unspecified atom stereocenters. The molecule has 0 aromatic carbocycles. The van der Waals surface area contributed by atoms with E-state index in [-0.39, 0.29) is 0 Å². The number of fused-ring (bicyclic) bond motifs is 1. The zero-order valence-corrected chi connectivity index (χ0v) is 11.6. The van der Waals surface area contributed by atoms with Gasteiger partial charge in [0, 0.05) is 18.8 Å². The molecule has 3 heterocycles. The van der Waals surface area contributed by atoms with Crippen molar-refractivity contribution in [3.05, 3.63) is 23.9 Å². The van der Waals surface area contributed by atoms with Gasteiger partial charge in [-0.05, 0) is 51.4 Å². The van der Waals surface area contributed by atoms with E-state index in [1.165, 1.54) is 12.8 Å². The first-order valence-electron chi connectivity index (χ1n) is 7.01. The van der Waals surface area contributed by atoms with E-state index >= 15 is 0 Å². The first-order valence-corrected chi connectivity index (χ1v) is 7.01. The number of anilines is 1. The minimum absolute atomic E-state index is 0.535. The Morgan fingerprint density at radius 1 is 1.32 bits per heavy atom. The van der Waals surface area contributed by atoms with E-state index < -0.39 is 0 Å². The van der Waals surface area contributed by atoms with Crippen molar-refractivity contribution in [2.45, 2.75) is 32.2 Å². The molecule has 0 amide bonds. The van der Waals surface area contributed by atoms with Crippen LogP contribution in [0.5, 0.6) is 0 Å². The molecule has 5 nitrogen and oxygen atoms in total. The fourth-order valence-corrected chi connectivity index (χ4v) is 2.73. The predicted octanol–water partition coefficient (Wildman–Crippen LogP) is 1.62. The van der Waals surface area contributed by atoms with Crippen molar-refractivity contribution < 1.29 is 0 Å². The van der Waals surface area contributed by atoms with Crippen LogP contribution in [0, 0.1) is 6.92 Å². The fraction of sp³-hybridized carbons (Fsp3) is 0.571. The molecular formula is C14H21N5. The summed E-state index contributed by atoms with van der Waals surface area (Å²) in [5.74, 6) is 0.834. The number of aromatic nitrogens is 3. The van der Waals surface area contributed by atoms with E-state index in [1.807, 2.05) is 16.6 Å². The SMILES string of the molecule is Cc1cccc2nc(N(C)C3CCCNCC3)nn12. The Morgan fingerprint density at radius 2 is 2.21 bits per heavy atom. The maximum absolute atomic E-state index is 4.64. The molecule has 2 aromatic rings. The fourth-order valence-electron chi connectivity index (χ4n) is 2.73. The summed E-state index contributed by atoms with van der Waals surface area (Å²) in [7, 11) is 2.11. The van der Waals surface area contributed by atoms with Crippen LogP contribution in [0.25, 0.3) is 5.65 Å². The molecule has 0 radical (unpaired) electrons. The van der Waals surface area contributed by atoms with Crippen molar-refractivity contribution in [1.29, 1.82) is 0 Å². The summed E-state index contributed by atoms with van der Waals surface area (Å²) in [4.78, 5) is 6.87. The van der Waals surface area contributed by atoms with Gasteiger partial charge in [-0.2, -0.15) is 4.98 Å². The second kappa shape index (κ2) is 5.17. The molecule has 1 aliphatic heterocycles. The minimum Gasteiger partial charge on any atom is -0.340 e. The highest BCUT2D eigenvalue weighted by atomic mass is 15.4. The third-order valence-electron chi connectivity index (χ3n) is 3.95. The molecule has 1 saturated heterocycles. The van der Waals surface area contributed by atoms with Crippen molar-refractivity contribution in [1.82, 2.24) is 19.9 Å². The first kappa shape index (κ1) is 12.4. The van der Waals surface area contributed by atoms with E-state index in [1.54, 1.807) is 0 Å². The Kier molecular flexibility index (Phi) is 3.38. The van der Waals surface area contributed by atoms with Gasteiger partial charge in [0.05, 0.1) is 0 Å². The minimum atomic E-state index is 0.535. The number of rotatable bonds is 2. The van der Waals surface area contributed by atoms with Gasteiger partial charge in [0.1, 0.15) is 0 Å². The molecule has 0 bridgehead atoms. The van der Waals surface area contributed by atoms with Gasteiger partial charge in [-0.25, -0.2) is 4.52 Å². The largest absolute Gasteiger partial charge is 0.340 e. The van der Waals surface area contributed by atoms with Crippen LogP contribution >= 0.6 is 0 Å². The van der Waals surface area contributed by atoms with Crippen LogP contribution in [0.15, 0.2) is 18.2 Å². The summed E-state index contributed by atoms with van der Waals surface area (Å²) in [6, 6.07) is 6.62. The van der Waals surface area contributed by atoms with Crippen LogP contribution in [0.4, 0.5) is 5.95 Å². The van der Waals surface area contributed by atoms with Crippen molar-refractivity contribution in [2.75, 3.05) is 25.0 Å². The van der Waals surface area contributed by atoms with Gasteiger partial charge in [0.2, 0.25) is 5.95 Å². The average molecular weight is 259 g/mol. The average Bonchev–Trinajstić information content (AvgIpc) is 2.67. The van der Waals surface area contributed by atoms with Gasteiger partial charge < -0.3 is 10.2 Å². The van der Waals surface area contributed by atoms with E-state index in [2.05, 4.69) is 40.3 Å². The lowest BCUT2D eigenvalue weighted by molar-refractivity contribution is 0.557. The third-order valence-corrected chi connectivity index (χ3v) is 3.95. The standard InChI is InChI=1S/C14H21N5/c1-11-5-3-7-13-16-14(17-19(11)13)18(2)12-6-4-9-15-10-8-12/h3,5,7,12,15H,4,6,8-10H2,1-2H3. The zero-order valence-electron chi connectivity index (χ0n) is 11.6. The van der Waals surface area contributed by atoms with Gasteiger partial charge in [0.25, 0.3) is 0 Å². The monoisotopic (exact) mass is 259 g/mol. The van der Waals surface area contributed by atoms with Crippen LogP contribution in [0.2, 0.25) is 0 Å². The van der Waals surface area contributed by atoms with Gasteiger partial charge >= 0.3 is 0 Å². The Hall–Kier alpha value is -1.62. The molecule has 3 rings (SSSR count). The van der Waals surface area contributed by atoms with Crippen molar-refractivity contribution >= 4 is 11.6 Å². The summed E-state index contributed by atoms with van der Waals surface area (Å²) in [6.07, 6.45) is 3.59. The molecule has 5 heteroatoms. The number of aryl methyl sites for hydroxylation is 1. The summed E-state index contributed by atoms with van der Waals surface area (Å²) in [5, 5.41) is 8.08. The van der Waals surface area contributed by atoms with E-state index in [9.17, 15) is 0 Å². The van der Waals surface area contributed by atoms with E-state index in [0.29, 0.717) is 6.04 Å². The second-order valence-electron chi connectivity index (χ2n) is 5.29. The second-order valence-corrected chi connectivity index (χ2v) is 5.29. The van der Waals surface area contributed by atoms with E-state index in [0.717, 1.165) is 36.8 Å². The Morgan fingerprint density at radius 3 is 3.05 bits per heavy atom. The highest BCUT2D eigenvalue weighted by Gasteiger charge is 2.20. The molecule has 19 heavy (non-hydrogen) atoms. The van der Waals surface area contributed by atoms with Gasteiger partial charge in [-0.3, -0.25) is 0 Å². The predicted molar refractivity (Wildman–Crippen MR) is 76.6 cm³/mol. The number of pyridine rings is 1. The van der Waals surface area contributed by atoms with Crippen LogP contribution in [-0.4, -0.2) is 40.8 Å². The Balaban J connectivity index is 1.88. The molecule has 0 spiro atoms. The maximum Gasteiger partial charge on any atom is 0.245 e. The molecule has 2 aromatic heterocycles. The number of nitrogens with zero attached hydrogens (tertiary/aromatic N) is 4. The lowest BCUT2D eigenvalue weighted by Crippen LogP contribution is -2.33. The molecule has 1 atom stereocenters. The topological polar surface area (TPSA) is 45.5 Å². The summed E-state index contributed by atoms with van der Waals surface area (Å²) in [5.41, 5.74) is 2.04. The van der Waals surface area contributed by atoms with Crippen LogP contribution in [-0.2, 0) is 0 Å². The van der Waals surface area contributed by atoms with Crippen molar-refractivity contribution in [3.63, 3.8) is 0 Å². The molecular weight excluding hydrogens is 238 g/mol. The number of hydrogen-bond donors (Lipinski definition) is 1. The molecule has 102 valence electrons. The van der Waals surface area contributed by atoms with Crippen LogP contribution in [0.3, 0.4) is 0 Å². The Labute approximate surface area is 113 Å². The summed E-state index contributed by atoms with van der Waals surface area (Å²) in [6.45, 7) is 4.27. The van der Waals surface area contributed by atoms with Gasteiger partial charge in [-0.15, -0.1) is 5.10 Å². The Bertz CT molecular complexity index is 554. The van der Waals surface area contributed by atoms with Gasteiger partial charge in [-0.1, -0.05) is 6.07 Å². The lowest BCUT2D eigenvalue weighted by Gasteiger charge is -2.25. The van der Waals surface area contributed by atoms with Crippen LogP contribution < -0.4 is 10.2 Å². The smallest absolute Gasteiger partial charge is 0.245 e. The lowest BCUT2D eigenvalue weighted by atomic mass is 10.1. The van der Waals surface area contributed by atoms with Gasteiger partial charge in [0.15, 0.2) is 5.65 Å². The van der Waals surface area contributed by atoms with E-state index in [4.69, 9.17) is 0 Å². The third kappa shape index (κ3) is 2.42.